The highest BCUT2D eigenvalue weighted by atomic mass is 19.3. The van der Waals surface area contributed by atoms with Crippen LogP contribution in [0.3, 0.4) is 0 Å². The second-order valence-electron chi connectivity index (χ2n) is 9.82. The SMILES string of the molecule is C[C@@H]1CCCN1C1=CC(C2CCN(C3COC3)CC2)CC(Nc2cc(C(F)F)ccn2)N1. The predicted octanol–water partition coefficient (Wildman–Crippen LogP) is 3.80. The van der Waals surface area contributed by atoms with E-state index in [0.717, 1.165) is 39.3 Å². The van der Waals surface area contributed by atoms with Crippen molar-refractivity contribution in [1.29, 1.82) is 0 Å². The van der Waals surface area contributed by atoms with Gasteiger partial charge in [-0.3, -0.25) is 4.90 Å². The second kappa shape index (κ2) is 9.51. The van der Waals surface area contributed by atoms with Crippen LogP contribution in [0.2, 0.25) is 0 Å². The molecule has 1 aromatic heterocycles. The zero-order valence-corrected chi connectivity index (χ0v) is 18.9. The number of hydrogen-bond acceptors (Lipinski definition) is 6. The van der Waals surface area contributed by atoms with Crippen LogP contribution in [0.15, 0.2) is 30.2 Å². The van der Waals surface area contributed by atoms with Gasteiger partial charge < -0.3 is 20.3 Å². The van der Waals surface area contributed by atoms with Gasteiger partial charge in [-0.2, -0.15) is 0 Å². The van der Waals surface area contributed by atoms with Gasteiger partial charge in [0, 0.05) is 24.3 Å². The zero-order valence-electron chi connectivity index (χ0n) is 18.9. The zero-order chi connectivity index (χ0) is 22.1. The molecule has 2 unspecified atom stereocenters. The monoisotopic (exact) mass is 447 g/mol. The first-order chi connectivity index (χ1) is 15.6. The first-order valence-corrected chi connectivity index (χ1v) is 12.1. The van der Waals surface area contributed by atoms with Crippen LogP contribution in [0.4, 0.5) is 14.6 Å². The summed E-state index contributed by atoms with van der Waals surface area (Å²) in [5.74, 6) is 2.82. The Morgan fingerprint density at radius 3 is 2.66 bits per heavy atom. The lowest BCUT2D eigenvalue weighted by atomic mass is 9.80. The lowest BCUT2D eigenvalue weighted by Crippen LogP contribution is -2.53. The number of ether oxygens (including phenoxy) is 1. The number of anilines is 1. The van der Waals surface area contributed by atoms with Crippen LogP contribution in [-0.4, -0.2) is 65.9 Å². The molecule has 3 saturated heterocycles. The summed E-state index contributed by atoms with van der Waals surface area (Å²) in [6.07, 6.45) is 7.16. The fraction of sp³-hybridized carbons (Fsp3) is 0.708. The van der Waals surface area contributed by atoms with Gasteiger partial charge in [-0.15, -0.1) is 0 Å². The maximum atomic E-state index is 13.2. The number of allylic oxidation sites excluding steroid dienone is 1. The summed E-state index contributed by atoms with van der Waals surface area (Å²) in [6.45, 7) is 7.40. The fourth-order valence-corrected chi connectivity index (χ4v) is 5.71. The molecule has 1 aromatic rings. The molecule has 5 rings (SSSR count). The molecule has 0 amide bonds. The Balaban J connectivity index is 1.30. The predicted molar refractivity (Wildman–Crippen MR) is 120 cm³/mol. The third-order valence-corrected chi connectivity index (χ3v) is 7.74. The van der Waals surface area contributed by atoms with Crippen LogP contribution in [0, 0.1) is 11.8 Å². The molecule has 176 valence electrons. The number of piperidine rings is 1. The smallest absolute Gasteiger partial charge is 0.264 e. The van der Waals surface area contributed by atoms with Gasteiger partial charge in [-0.05, 0) is 82.2 Å². The summed E-state index contributed by atoms with van der Waals surface area (Å²) in [4.78, 5) is 9.36. The third kappa shape index (κ3) is 4.71. The number of hydrogen-bond donors (Lipinski definition) is 2. The lowest BCUT2D eigenvalue weighted by molar-refractivity contribution is -0.0754. The molecule has 4 aliphatic rings. The molecule has 32 heavy (non-hydrogen) atoms. The summed E-state index contributed by atoms with van der Waals surface area (Å²) in [5.41, 5.74) is 0.00568. The number of halogens is 2. The second-order valence-corrected chi connectivity index (χ2v) is 9.82. The van der Waals surface area contributed by atoms with Crippen molar-refractivity contribution in [2.24, 2.45) is 11.8 Å². The van der Waals surface area contributed by atoms with Gasteiger partial charge in [0.05, 0.1) is 31.2 Å². The minimum atomic E-state index is -2.49. The highest BCUT2D eigenvalue weighted by Crippen LogP contribution is 2.35. The Morgan fingerprint density at radius 1 is 1.19 bits per heavy atom. The molecule has 3 fully saturated rings. The van der Waals surface area contributed by atoms with E-state index in [1.54, 1.807) is 0 Å². The number of likely N-dealkylation sites (tertiary alicyclic amines) is 2. The van der Waals surface area contributed by atoms with E-state index in [-0.39, 0.29) is 11.7 Å². The Hall–Kier alpha value is -1.93. The average molecular weight is 448 g/mol. The van der Waals surface area contributed by atoms with Gasteiger partial charge in [0.15, 0.2) is 0 Å². The standard InChI is InChI=1S/C24H35F2N5O/c1-16-3-2-8-31(16)23-13-19(17-5-9-30(10-6-17)20-14-32-15-20)12-22(29-23)28-21-11-18(24(25)26)4-7-27-21/h4,7,11,13,16-17,19-20,22,24,29H,2-3,5-6,8-10,12,14-15H2,1H3,(H,27,28)/t16-,19?,22?/m1/s1. The summed E-state index contributed by atoms with van der Waals surface area (Å²) in [6, 6.07) is 3.99. The number of aromatic nitrogens is 1. The van der Waals surface area contributed by atoms with Crippen molar-refractivity contribution in [2.75, 3.05) is 38.2 Å². The van der Waals surface area contributed by atoms with Gasteiger partial charge in [-0.25, -0.2) is 13.8 Å². The molecule has 0 aliphatic carbocycles. The van der Waals surface area contributed by atoms with E-state index in [1.807, 2.05) is 0 Å². The maximum absolute atomic E-state index is 13.2. The number of nitrogens with one attached hydrogen (secondary N) is 2. The molecule has 0 radical (unpaired) electrons. The Labute approximate surface area is 189 Å². The fourth-order valence-electron chi connectivity index (χ4n) is 5.71. The van der Waals surface area contributed by atoms with E-state index in [0.29, 0.717) is 29.7 Å². The average Bonchev–Trinajstić information content (AvgIpc) is 3.19. The molecule has 0 aromatic carbocycles. The van der Waals surface area contributed by atoms with Gasteiger partial charge >= 0.3 is 0 Å². The summed E-state index contributed by atoms with van der Waals surface area (Å²) >= 11 is 0. The van der Waals surface area contributed by atoms with Crippen LogP contribution in [0.25, 0.3) is 0 Å². The largest absolute Gasteiger partial charge is 0.378 e. The molecular weight excluding hydrogens is 412 g/mol. The van der Waals surface area contributed by atoms with Crippen molar-refractivity contribution in [3.8, 4) is 0 Å². The molecule has 5 heterocycles. The van der Waals surface area contributed by atoms with E-state index in [9.17, 15) is 8.78 Å². The molecule has 2 N–H and O–H groups in total. The van der Waals surface area contributed by atoms with Crippen LogP contribution in [0.1, 0.15) is 51.0 Å². The maximum Gasteiger partial charge on any atom is 0.264 e. The van der Waals surface area contributed by atoms with E-state index >= 15 is 0 Å². The lowest BCUT2D eigenvalue weighted by Gasteiger charge is -2.44. The van der Waals surface area contributed by atoms with Crippen LogP contribution < -0.4 is 10.6 Å². The highest BCUT2D eigenvalue weighted by molar-refractivity contribution is 5.39. The summed E-state index contributed by atoms with van der Waals surface area (Å²) in [7, 11) is 0. The molecule has 0 saturated carbocycles. The first kappa shape index (κ1) is 21.9. The number of pyridine rings is 1. The van der Waals surface area contributed by atoms with Crippen LogP contribution >= 0.6 is 0 Å². The van der Waals surface area contributed by atoms with Crippen LogP contribution in [-0.2, 0) is 4.74 Å². The van der Waals surface area contributed by atoms with Gasteiger partial charge in [0.25, 0.3) is 6.43 Å². The Bertz CT molecular complexity index is 809. The first-order valence-electron chi connectivity index (χ1n) is 12.1. The molecule has 3 atom stereocenters. The van der Waals surface area contributed by atoms with E-state index in [4.69, 9.17) is 4.74 Å². The third-order valence-electron chi connectivity index (χ3n) is 7.74. The number of rotatable bonds is 6. The van der Waals surface area contributed by atoms with Crippen molar-refractivity contribution in [3.63, 3.8) is 0 Å². The Kier molecular flexibility index (Phi) is 6.51. The molecule has 0 bridgehead atoms. The van der Waals surface area contributed by atoms with Crippen molar-refractivity contribution in [3.05, 3.63) is 35.8 Å². The van der Waals surface area contributed by atoms with Crippen molar-refractivity contribution < 1.29 is 13.5 Å². The molecular formula is C24H35F2N5O. The van der Waals surface area contributed by atoms with Crippen LogP contribution in [0.5, 0.6) is 0 Å². The van der Waals surface area contributed by atoms with Crippen molar-refractivity contribution >= 4 is 5.82 Å². The van der Waals surface area contributed by atoms with Crippen molar-refractivity contribution in [1.82, 2.24) is 20.1 Å². The summed E-state index contributed by atoms with van der Waals surface area (Å²) < 4.78 is 31.7. The normalized spacial score (nSPS) is 30.2. The topological polar surface area (TPSA) is 52.7 Å². The highest BCUT2D eigenvalue weighted by Gasteiger charge is 2.36. The van der Waals surface area contributed by atoms with Gasteiger partial charge in [0.1, 0.15) is 5.82 Å². The van der Waals surface area contributed by atoms with Gasteiger partial charge in [0.2, 0.25) is 0 Å². The van der Waals surface area contributed by atoms with E-state index < -0.39 is 6.43 Å². The van der Waals surface area contributed by atoms with E-state index in [1.165, 1.54) is 49.8 Å². The quantitative estimate of drug-likeness (QED) is 0.692. The minimum absolute atomic E-state index is 0.00568. The Morgan fingerprint density at radius 2 is 2.00 bits per heavy atom. The summed E-state index contributed by atoms with van der Waals surface area (Å²) in [5, 5.41) is 7.07. The molecule has 0 spiro atoms. The number of alkyl halides is 2. The molecule has 4 aliphatic heterocycles. The van der Waals surface area contributed by atoms with E-state index in [2.05, 4.69) is 38.4 Å². The number of nitrogens with zero attached hydrogens (tertiary/aromatic N) is 3. The van der Waals surface area contributed by atoms with Gasteiger partial charge in [-0.1, -0.05) is 0 Å². The minimum Gasteiger partial charge on any atom is -0.378 e. The molecule has 6 nitrogen and oxygen atoms in total. The molecule has 8 heteroatoms. The van der Waals surface area contributed by atoms with Crippen molar-refractivity contribution in [2.45, 2.75) is 63.7 Å².